The van der Waals surface area contributed by atoms with Crippen molar-refractivity contribution in [3.8, 4) is 6.07 Å². The topological polar surface area (TPSA) is 101 Å². The molecule has 6 nitrogen and oxygen atoms in total. The number of ether oxygens (including phenoxy) is 1. The number of hydrogen-bond donors (Lipinski definition) is 1. The van der Waals surface area contributed by atoms with E-state index in [9.17, 15) is 18.0 Å². The monoisotopic (exact) mass is 436 g/mol. The Bertz CT molecular complexity index is 1080. The quantitative estimate of drug-likeness (QED) is 0.740. The third-order valence-electron chi connectivity index (χ3n) is 4.77. The van der Waals surface area contributed by atoms with Crippen molar-refractivity contribution in [2.24, 2.45) is 10.7 Å². The summed E-state index contributed by atoms with van der Waals surface area (Å²) in [6.07, 6.45) is 0.920. The molecule has 30 heavy (non-hydrogen) atoms. The first-order valence-electron chi connectivity index (χ1n) is 8.75. The molecule has 1 aromatic heterocycles. The number of pyridine rings is 1. The lowest BCUT2D eigenvalue weighted by atomic mass is 9.84. The van der Waals surface area contributed by atoms with E-state index in [1.807, 2.05) is 6.07 Å². The zero-order chi connectivity index (χ0) is 22.1. The highest BCUT2D eigenvalue weighted by atomic mass is 35.5. The molecule has 0 saturated carbocycles. The summed E-state index contributed by atoms with van der Waals surface area (Å²) >= 11 is 6.00. The number of hydrogen-bond acceptors (Lipinski definition) is 6. The number of ketones is 1. The van der Waals surface area contributed by atoms with E-state index in [1.165, 1.54) is 18.3 Å². The molecule has 0 spiro atoms. The van der Waals surface area contributed by atoms with Gasteiger partial charge in [0.1, 0.15) is 36.6 Å². The number of carbonyl (C=O) groups excluding carboxylic acids is 1. The molecule has 1 aromatic carbocycles. The number of rotatable bonds is 4. The first-order chi connectivity index (χ1) is 14.1. The van der Waals surface area contributed by atoms with Gasteiger partial charge in [-0.2, -0.15) is 5.26 Å². The Balaban J connectivity index is 1.99. The Hall–Kier alpha value is -2.96. The van der Waals surface area contributed by atoms with Crippen LogP contribution in [-0.2, 0) is 16.7 Å². The molecule has 0 radical (unpaired) electrons. The van der Waals surface area contributed by atoms with E-state index in [2.05, 4.69) is 9.98 Å². The number of alkyl halides is 2. The van der Waals surface area contributed by atoms with E-state index in [1.54, 1.807) is 0 Å². The summed E-state index contributed by atoms with van der Waals surface area (Å²) in [4.78, 5) is 20.3. The fraction of sp³-hybridized carbons (Fsp3) is 0.300. The summed E-state index contributed by atoms with van der Waals surface area (Å²) in [6.45, 7) is -0.216. The zero-order valence-electron chi connectivity index (χ0n) is 15.8. The highest BCUT2D eigenvalue weighted by molar-refractivity contribution is 6.33. The third-order valence-corrected chi connectivity index (χ3v) is 5.06. The van der Waals surface area contributed by atoms with Crippen LogP contribution in [0.3, 0.4) is 0 Å². The summed E-state index contributed by atoms with van der Waals surface area (Å²) in [5.41, 5.74) is 3.25. The Kier molecular flexibility index (Phi) is 5.83. The maximum Gasteiger partial charge on any atom is 0.299 e. The highest BCUT2D eigenvalue weighted by Crippen LogP contribution is 2.43. The molecule has 0 fully saturated rings. The summed E-state index contributed by atoms with van der Waals surface area (Å²) in [6, 6.07) is 6.59. The van der Waals surface area contributed by atoms with Crippen molar-refractivity contribution >= 4 is 23.2 Å². The van der Waals surface area contributed by atoms with Crippen LogP contribution in [0.2, 0.25) is 5.02 Å². The first kappa shape index (κ1) is 21.7. The Morgan fingerprint density at radius 2 is 2.13 bits per heavy atom. The molecule has 0 unspecified atom stereocenters. The van der Waals surface area contributed by atoms with Gasteiger partial charge in [-0.05, 0) is 30.7 Å². The summed E-state index contributed by atoms with van der Waals surface area (Å²) < 4.78 is 48.9. The number of Topliss-reactive ketones (excluding diaryl/α,β-unsaturated/α-hetero) is 1. The number of aliphatic imine (C=N–C) groups is 1. The molecule has 2 aromatic rings. The molecule has 10 heteroatoms. The van der Waals surface area contributed by atoms with Gasteiger partial charge in [0.25, 0.3) is 5.92 Å². The lowest BCUT2D eigenvalue weighted by Crippen LogP contribution is -2.45. The lowest BCUT2D eigenvalue weighted by molar-refractivity contribution is -0.116. The zero-order valence-corrected chi connectivity index (χ0v) is 16.5. The second kappa shape index (κ2) is 8.05. The molecular formula is C20H16ClF3N4O2. The molecule has 2 heterocycles. The van der Waals surface area contributed by atoms with Crippen LogP contribution in [0, 0.1) is 17.1 Å². The van der Waals surface area contributed by atoms with Gasteiger partial charge in [0.2, 0.25) is 0 Å². The average Bonchev–Trinajstić information content (AvgIpc) is 2.78. The Morgan fingerprint density at radius 3 is 2.80 bits per heavy atom. The SMILES string of the molecule is C[C@]1(c2cc(CC(=O)c3ncc(C#N)cc3Cl)ccc2F)N=C(N)COCC1(F)F. The molecule has 1 atom stereocenters. The molecule has 3 rings (SSSR count). The Morgan fingerprint density at radius 1 is 1.40 bits per heavy atom. The van der Waals surface area contributed by atoms with Crippen molar-refractivity contribution in [3.05, 3.63) is 63.7 Å². The van der Waals surface area contributed by atoms with E-state index >= 15 is 0 Å². The third kappa shape index (κ3) is 4.01. The predicted octanol–water partition coefficient (Wildman–Crippen LogP) is 3.41. The molecular weight excluding hydrogens is 421 g/mol. The number of aromatic nitrogens is 1. The van der Waals surface area contributed by atoms with E-state index in [0.29, 0.717) is 0 Å². The van der Waals surface area contributed by atoms with Crippen LogP contribution in [0.15, 0.2) is 35.5 Å². The van der Waals surface area contributed by atoms with Gasteiger partial charge in [0.05, 0.1) is 10.6 Å². The number of halogens is 4. The number of carbonyl (C=O) groups is 1. The van der Waals surface area contributed by atoms with Crippen LogP contribution >= 0.6 is 11.6 Å². The minimum atomic E-state index is -3.55. The van der Waals surface area contributed by atoms with Crippen LogP contribution in [0.1, 0.15) is 34.1 Å². The van der Waals surface area contributed by atoms with Crippen molar-refractivity contribution in [2.75, 3.05) is 13.2 Å². The van der Waals surface area contributed by atoms with Gasteiger partial charge in [-0.15, -0.1) is 0 Å². The van der Waals surface area contributed by atoms with Crippen LogP contribution in [0.4, 0.5) is 13.2 Å². The maximum atomic E-state index is 14.8. The number of nitrogens with two attached hydrogens (primary N) is 1. The molecule has 156 valence electrons. The Labute approximate surface area is 175 Å². The summed E-state index contributed by atoms with van der Waals surface area (Å²) in [5.74, 6) is -5.17. The van der Waals surface area contributed by atoms with Crippen LogP contribution in [-0.4, -0.2) is 35.7 Å². The molecule has 0 bridgehead atoms. The van der Waals surface area contributed by atoms with E-state index < -0.39 is 35.2 Å². The second-order valence-corrected chi connectivity index (χ2v) is 7.36. The van der Waals surface area contributed by atoms with Gasteiger partial charge in [-0.1, -0.05) is 17.7 Å². The van der Waals surface area contributed by atoms with Crippen LogP contribution in [0.5, 0.6) is 0 Å². The summed E-state index contributed by atoms with van der Waals surface area (Å²) in [7, 11) is 0. The standard InChI is InChI=1S/C20H16ClF3N4O2/c1-19(20(23,24)10-30-9-17(26)28-19)13-4-11(2-3-15(13)22)6-16(29)18-14(21)5-12(7-25)8-27-18/h2-5,8H,6,9-10H2,1H3,(H2,26,28)/t19-/m1/s1. The van der Waals surface area contributed by atoms with Crippen LogP contribution in [0.25, 0.3) is 0 Å². The van der Waals surface area contributed by atoms with Gasteiger partial charge in [-0.25, -0.2) is 13.2 Å². The lowest BCUT2D eigenvalue weighted by Gasteiger charge is -2.33. The molecule has 1 aliphatic heterocycles. The normalized spacial score (nSPS) is 20.7. The average molecular weight is 437 g/mol. The molecule has 0 aliphatic carbocycles. The second-order valence-electron chi connectivity index (χ2n) is 6.95. The molecule has 2 N–H and O–H groups in total. The number of nitrogens with zero attached hydrogens (tertiary/aromatic N) is 3. The van der Waals surface area contributed by atoms with Crippen molar-refractivity contribution in [3.63, 3.8) is 0 Å². The number of nitriles is 1. The highest BCUT2D eigenvalue weighted by Gasteiger charge is 2.54. The fourth-order valence-corrected chi connectivity index (χ4v) is 3.38. The van der Waals surface area contributed by atoms with Gasteiger partial charge in [0.15, 0.2) is 11.3 Å². The smallest absolute Gasteiger partial charge is 0.299 e. The number of amidine groups is 1. The van der Waals surface area contributed by atoms with Crippen molar-refractivity contribution in [2.45, 2.75) is 24.8 Å². The van der Waals surface area contributed by atoms with Crippen molar-refractivity contribution in [1.29, 1.82) is 5.26 Å². The fourth-order valence-electron chi connectivity index (χ4n) is 3.11. The number of benzene rings is 1. The first-order valence-corrected chi connectivity index (χ1v) is 9.12. The molecule has 0 amide bonds. The molecule has 0 saturated heterocycles. The minimum Gasteiger partial charge on any atom is -0.385 e. The van der Waals surface area contributed by atoms with E-state index in [-0.39, 0.29) is 40.7 Å². The summed E-state index contributed by atoms with van der Waals surface area (Å²) in [5, 5.41) is 8.84. The van der Waals surface area contributed by atoms with Gasteiger partial charge >= 0.3 is 0 Å². The van der Waals surface area contributed by atoms with E-state index in [0.717, 1.165) is 19.1 Å². The van der Waals surface area contributed by atoms with Gasteiger partial charge < -0.3 is 10.5 Å². The van der Waals surface area contributed by atoms with Gasteiger partial charge in [0, 0.05) is 18.2 Å². The molecule has 1 aliphatic rings. The van der Waals surface area contributed by atoms with Crippen molar-refractivity contribution < 1.29 is 22.7 Å². The van der Waals surface area contributed by atoms with Crippen LogP contribution < -0.4 is 5.73 Å². The largest absolute Gasteiger partial charge is 0.385 e. The predicted molar refractivity (Wildman–Crippen MR) is 103 cm³/mol. The van der Waals surface area contributed by atoms with Gasteiger partial charge in [-0.3, -0.25) is 14.8 Å². The maximum absolute atomic E-state index is 14.8. The minimum absolute atomic E-state index is 0.0156. The van der Waals surface area contributed by atoms with Crippen molar-refractivity contribution in [1.82, 2.24) is 4.98 Å². The van der Waals surface area contributed by atoms with E-state index in [4.69, 9.17) is 27.3 Å².